The molecule has 0 amide bonds. The molecule has 0 radical (unpaired) electrons. The second-order valence-electron chi connectivity index (χ2n) is 2.77. The first kappa shape index (κ1) is 14.2. The molecule has 1 aromatic rings. The number of allylic oxidation sites excluding steroid dienone is 1. The molecule has 1 aromatic heterocycles. The fourth-order valence-corrected chi connectivity index (χ4v) is 1.23. The van der Waals surface area contributed by atoms with Crippen LogP contribution in [-0.4, -0.2) is 4.98 Å². The van der Waals surface area contributed by atoms with Crippen LogP contribution < -0.4 is 10.6 Å². The van der Waals surface area contributed by atoms with Gasteiger partial charge in [-0.3, -0.25) is 0 Å². The van der Waals surface area contributed by atoms with E-state index < -0.39 is 5.82 Å². The highest BCUT2D eigenvalue weighted by Gasteiger charge is 2.05. The van der Waals surface area contributed by atoms with Crippen molar-refractivity contribution in [3.05, 3.63) is 34.7 Å². The zero-order chi connectivity index (χ0) is 12.6. The molecule has 0 aliphatic heterocycles. The van der Waals surface area contributed by atoms with Crippen molar-refractivity contribution in [1.29, 1.82) is 5.26 Å². The highest BCUT2D eigenvalue weighted by atomic mass is 19.1. The first-order chi connectivity index (χ1) is 7.74. The molecule has 1 rings (SSSR count). The number of nitrogens with zero attached hydrogens (tertiary/aromatic N) is 1. The molecule has 1 N–H and O–H groups in total. The van der Waals surface area contributed by atoms with Crippen LogP contribution >= 0.6 is 0 Å². The van der Waals surface area contributed by atoms with Crippen LogP contribution in [0.5, 0.6) is 0 Å². The van der Waals surface area contributed by atoms with Crippen LogP contribution in [0.4, 0.5) is 4.39 Å². The van der Waals surface area contributed by atoms with Crippen molar-refractivity contribution in [3.8, 4) is 6.07 Å². The van der Waals surface area contributed by atoms with Crippen molar-refractivity contribution in [2.75, 3.05) is 0 Å². The van der Waals surface area contributed by atoms with Crippen LogP contribution in [0.1, 0.15) is 32.9 Å². The second-order valence-corrected chi connectivity index (χ2v) is 2.77. The molecule has 0 bridgehead atoms. The molecule has 16 heavy (non-hydrogen) atoms. The fourth-order valence-electron chi connectivity index (χ4n) is 1.23. The summed E-state index contributed by atoms with van der Waals surface area (Å²) in [4.78, 5) is 2.71. The highest BCUT2D eigenvalue weighted by Crippen LogP contribution is 1.93. The van der Waals surface area contributed by atoms with Crippen molar-refractivity contribution in [1.82, 2.24) is 4.98 Å². The van der Waals surface area contributed by atoms with Gasteiger partial charge in [0.05, 0.1) is 0 Å². The van der Waals surface area contributed by atoms with E-state index >= 15 is 0 Å². The Balaban J connectivity index is 0.00000106. The molecule has 0 fully saturated rings. The predicted molar refractivity (Wildman–Crippen MR) is 65.5 cm³/mol. The van der Waals surface area contributed by atoms with Crippen LogP contribution in [0, 0.1) is 17.1 Å². The van der Waals surface area contributed by atoms with Crippen molar-refractivity contribution in [3.63, 3.8) is 0 Å². The molecule has 0 saturated heterocycles. The monoisotopic (exact) mass is 220 g/mol. The Morgan fingerprint density at radius 2 is 2.12 bits per heavy atom. The van der Waals surface area contributed by atoms with E-state index in [9.17, 15) is 4.39 Å². The Morgan fingerprint density at radius 1 is 1.50 bits per heavy atom. The minimum atomic E-state index is -0.507. The van der Waals surface area contributed by atoms with E-state index in [1.54, 1.807) is 12.1 Å². The smallest absolute Gasteiger partial charge is 0.166 e. The second kappa shape index (κ2) is 7.47. The molecule has 0 unspecified atom stereocenters. The van der Waals surface area contributed by atoms with E-state index in [-0.39, 0.29) is 5.69 Å². The lowest BCUT2D eigenvalue weighted by molar-refractivity contribution is 0.617. The van der Waals surface area contributed by atoms with Gasteiger partial charge in [-0.25, -0.2) is 4.39 Å². The highest BCUT2D eigenvalue weighted by molar-refractivity contribution is 5.41. The van der Waals surface area contributed by atoms with Crippen molar-refractivity contribution in [2.24, 2.45) is 0 Å². The van der Waals surface area contributed by atoms with Crippen LogP contribution in [0.25, 0.3) is 12.2 Å². The van der Waals surface area contributed by atoms with E-state index in [1.165, 1.54) is 6.08 Å². The Bertz CT molecular complexity index is 489. The van der Waals surface area contributed by atoms with E-state index in [0.717, 1.165) is 6.42 Å². The number of hydrogen-bond donors (Lipinski definition) is 1. The summed E-state index contributed by atoms with van der Waals surface area (Å²) < 4.78 is 13.5. The molecule has 86 valence electrons. The number of hydrogen-bond acceptors (Lipinski definition) is 1. The zero-order valence-electron chi connectivity index (χ0n) is 9.97. The predicted octanol–water partition coefficient (Wildman–Crippen LogP) is 2.21. The summed E-state index contributed by atoms with van der Waals surface area (Å²) in [5, 5.41) is 9.66. The maximum atomic E-state index is 13.5. The number of H-pyrrole nitrogens is 1. The Hall–Kier alpha value is -1.82. The molecule has 0 aliphatic rings. The summed E-state index contributed by atoms with van der Waals surface area (Å²) in [5.41, 5.74) is -0.0298. The fraction of sp³-hybridized carbons (Fsp3) is 0.308. The summed E-state index contributed by atoms with van der Waals surface area (Å²) >= 11 is 0. The summed E-state index contributed by atoms with van der Waals surface area (Å²) in [6, 6.07) is 1.77. The molecule has 0 spiro atoms. The van der Waals surface area contributed by atoms with Gasteiger partial charge in [0.15, 0.2) is 11.5 Å². The topological polar surface area (TPSA) is 39.6 Å². The lowest BCUT2D eigenvalue weighted by Crippen LogP contribution is -2.24. The van der Waals surface area contributed by atoms with Crippen LogP contribution in [0.15, 0.2) is 12.7 Å². The SMILES string of the molecule is C=C/C=c1/c(F)c(C#N)[nH]/c1=C/CC.CC. The van der Waals surface area contributed by atoms with Gasteiger partial charge in [-0.05, 0) is 6.42 Å². The maximum Gasteiger partial charge on any atom is 0.166 e. The van der Waals surface area contributed by atoms with E-state index in [2.05, 4.69) is 11.6 Å². The van der Waals surface area contributed by atoms with Crippen molar-refractivity contribution < 1.29 is 4.39 Å². The van der Waals surface area contributed by atoms with Gasteiger partial charge >= 0.3 is 0 Å². The number of aromatic nitrogens is 1. The van der Waals surface area contributed by atoms with Gasteiger partial charge < -0.3 is 4.98 Å². The summed E-state index contributed by atoms with van der Waals surface area (Å²) in [7, 11) is 0. The van der Waals surface area contributed by atoms with Gasteiger partial charge in [0.2, 0.25) is 0 Å². The molecule has 3 heteroatoms. The van der Waals surface area contributed by atoms with Crippen molar-refractivity contribution in [2.45, 2.75) is 27.2 Å². The average molecular weight is 220 g/mol. The summed E-state index contributed by atoms with van der Waals surface area (Å²) in [6.07, 6.45) is 5.66. The minimum absolute atomic E-state index is 0.0298. The number of nitriles is 1. The van der Waals surface area contributed by atoms with Gasteiger partial charge in [-0.2, -0.15) is 5.26 Å². The zero-order valence-corrected chi connectivity index (χ0v) is 9.97. The Labute approximate surface area is 95.4 Å². The van der Waals surface area contributed by atoms with Crippen molar-refractivity contribution >= 4 is 12.2 Å². The Kier molecular flexibility index (Phi) is 6.62. The molecule has 2 nitrogen and oxygen atoms in total. The lowest BCUT2D eigenvalue weighted by atomic mass is 10.3. The third-order valence-electron chi connectivity index (χ3n) is 1.81. The minimum Gasteiger partial charge on any atom is -0.344 e. The molecule has 1 heterocycles. The molecule has 0 aliphatic carbocycles. The van der Waals surface area contributed by atoms with Crippen LogP contribution in [0.3, 0.4) is 0 Å². The molecule has 0 aromatic carbocycles. The number of aromatic amines is 1. The number of rotatable bonds is 2. The molecule has 0 atom stereocenters. The maximum absolute atomic E-state index is 13.5. The summed E-state index contributed by atoms with van der Waals surface area (Å²) in [5.74, 6) is -0.507. The lowest BCUT2D eigenvalue weighted by Gasteiger charge is -1.79. The van der Waals surface area contributed by atoms with Gasteiger partial charge in [0.1, 0.15) is 6.07 Å². The van der Waals surface area contributed by atoms with Crippen LogP contribution in [-0.2, 0) is 0 Å². The van der Waals surface area contributed by atoms with Gasteiger partial charge in [0.25, 0.3) is 0 Å². The summed E-state index contributed by atoms with van der Waals surface area (Å²) in [6.45, 7) is 9.45. The average Bonchev–Trinajstić information content (AvgIpc) is 2.61. The largest absolute Gasteiger partial charge is 0.344 e. The molecule has 0 saturated carbocycles. The molecular formula is C13H17FN2. The van der Waals surface area contributed by atoms with Gasteiger partial charge in [0, 0.05) is 10.6 Å². The third kappa shape index (κ3) is 3.09. The van der Waals surface area contributed by atoms with Gasteiger partial charge in [-0.1, -0.05) is 45.6 Å². The normalized spacial score (nSPS) is 11.7. The third-order valence-corrected chi connectivity index (χ3v) is 1.81. The quantitative estimate of drug-likeness (QED) is 0.815. The van der Waals surface area contributed by atoms with Crippen LogP contribution in [0.2, 0.25) is 0 Å². The van der Waals surface area contributed by atoms with E-state index in [0.29, 0.717) is 10.6 Å². The first-order valence-corrected chi connectivity index (χ1v) is 5.35. The standard InChI is InChI=1S/C11H11FN2.C2H6/c1-3-5-8-9(6-4-2)14-10(7-13)11(8)12;1-2/h3,5-6,14H,1,4H2,2H3;1-2H3/b8-5+,9-6+;. The number of halogens is 1. The van der Waals surface area contributed by atoms with E-state index in [4.69, 9.17) is 5.26 Å². The van der Waals surface area contributed by atoms with Gasteiger partial charge in [-0.15, -0.1) is 0 Å². The Morgan fingerprint density at radius 3 is 2.56 bits per heavy atom. The first-order valence-electron chi connectivity index (χ1n) is 5.35. The number of nitrogens with one attached hydrogen (secondary N) is 1. The van der Waals surface area contributed by atoms with E-state index in [1.807, 2.05) is 26.8 Å². The molecular weight excluding hydrogens is 203 g/mol.